The number of hydrogen-bond donors (Lipinski definition) is 1. The first-order chi connectivity index (χ1) is 8.22. The van der Waals surface area contributed by atoms with Gasteiger partial charge in [0.15, 0.2) is 0 Å². The van der Waals surface area contributed by atoms with Crippen molar-refractivity contribution in [2.45, 2.75) is 25.9 Å². The molecule has 0 radical (unpaired) electrons. The maximum Gasteiger partial charge on any atom is 0.0443 e. The summed E-state index contributed by atoms with van der Waals surface area (Å²) in [6.07, 6.45) is 0.857. The Hall–Kier alpha value is -1.06. The number of benzene rings is 1. The molecule has 94 valence electrons. The molecule has 2 rings (SSSR count). The molecule has 1 atom stereocenters. The minimum Gasteiger partial charge on any atom is -0.396 e. The van der Waals surface area contributed by atoms with Gasteiger partial charge in [-0.25, -0.2) is 0 Å². The largest absolute Gasteiger partial charge is 0.396 e. The summed E-state index contributed by atoms with van der Waals surface area (Å²) in [4.78, 5) is 4.79. The van der Waals surface area contributed by atoms with Crippen LogP contribution >= 0.6 is 0 Å². The molecule has 1 aliphatic heterocycles. The first kappa shape index (κ1) is 12.4. The van der Waals surface area contributed by atoms with Gasteiger partial charge in [-0.1, -0.05) is 18.2 Å². The molecule has 0 saturated carbocycles. The fourth-order valence-corrected chi connectivity index (χ4v) is 2.57. The SMILES string of the molecule is CC1CN(C)c2ccccc2CN1CCCO. The van der Waals surface area contributed by atoms with Crippen LogP contribution in [0.5, 0.6) is 0 Å². The molecular weight excluding hydrogens is 212 g/mol. The van der Waals surface area contributed by atoms with Crippen LogP contribution in [0, 0.1) is 0 Å². The second-order valence-corrected chi connectivity index (χ2v) is 4.91. The van der Waals surface area contributed by atoms with E-state index in [1.807, 2.05) is 0 Å². The van der Waals surface area contributed by atoms with Crippen LogP contribution in [0.15, 0.2) is 24.3 Å². The monoisotopic (exact) mass is 234 g/mol. The van der Waals surface area contributed by atoms with Crippen molar-refractivity contribution >= 4 is 5.69 Å². The van der Waals surface area contributed by atoms with Gasteiger partial charge in [0.05, 0.1) is 0 Å². The summed E-state index contributed by atoms with van der Waals surface area (Å²) >= 11 is 0. The lowest BCUT2D eigenvalue weighted by atomic mass is 10.1. The van der Waals surface area contributed by atoms with E-state index >= 15 is 0 Å². The lowest BCUT2D eigenvalue weighted by molar-refractivity contribution is 0.182. The Kier molecular flexibility index (Phi) is 4.02. The van der Waals surface area contributed by atoms with E-state index in [4.69, 9.17) is 5.11 Å². The van der Waals surface area contributed by atoms with Gasteiger partial charge in [0.1, 0.15) is 0 Å². The van der Waals surface area contributed by atoms with Crippen molar-refractivity contribution in [2.75, 3.05) is 31.6 Å². The summed E-state index contributed by atoms with van der Waals surface area (Å²) in [6.45, 7) is 5.55. The molecule has 1 aromatic carbocycles. The third-order valence-corrected chi connectivity index (χ3v) is 3.54. The third-order valence-electron chi connectivity index (χ3n) is 3.54. The number of para-hydroxylation sites is 1. The lowest BCUT2D eigenvalue weighted by Gasteiger charge is -2.28. The van der Waals surface area contributed by atoms with Crippen molar-refractivity contribution < 1.29 is 5.11 Å². The topological polar surface area (TPSA) is 26.7 Å². The van der Waals surface area contributed by atoms with E-state index in [9.17, 15) is 0 Å². The van der Waals surface area contributed by atoms with Crippen LogP contribution in [-0.4, -0.2) is 42.8 Å². The van der Waals surface area contributed by atoms with E-state index in [1.54, 1.807) is 0 Å². The van der Waals surface area contributed by atoms with Gasteiger partial charge in [-0.3, -0.25) is 4.90 Å². The van der Waals surface area contributed by atoms with E-state index in [2.05, 4.69) is 48.0 Å². The number of rotatable bonds is 3. The lowest BCUT2D eigenvalue weighted by Crippen LogP contribution is -2.38. The molecule has 0 bridgehead atoms. The number of aliphatic hydroxyl groups excluding tert-OH is 1. The molecule has 1 aliphatic rings. The van der Waals surface area contributed by atoms with Gasteiger partial charge in [-0.2, -0.15) is 0 Å². The standard InChI is InChI=1S/C14H22N2O/c1-12-10-15(2)14-7-4-3-6-13(14)11-16(12)8-5-9-17/h3-4,6-7,12,17H,5,8-11H2,1-2H3. The normalized spacial score (nSPS) is 21.1. The second kappa shape index (κ2) is 5.52. The van der Waals surface area contributed by atoms with Crippen molar-refractivity contribution in [3.63, 3.8) is 0 Å². The minimum absolute atomic E-state index is 0.278. The molecule has 17 heavy (non-hydrogen) atoms. The molecule has 0 spiro atoms. The van der Waals surface area contributed by atoms with Gasteiger partial charge in [0, 0.05) is 45.0 Å². The molecule has 0 amide bonds. The highest BCUT2D eigenvalue weighted by atomic mass is 16.3. The molecule has 1 aromatic rings. The molecule has 0 aliphatic carbocycles. The molecule has 3 nitrogen and oxygen atoms in total. The quantitative estimate of drug-likeness (QED) is 0.862. The maximum absolute atomic E-state index is 8.96. The van der Waals surface area contributed by atoms with Gasteiger partial charge in [-0.15, -0.1) is 0 Å². The summed E-state index contributed by atoms with van der Waals surface area (Å²) in [5.74, 6) is 0. The van der Waals surface area contributed by atoms with Crippen LogP contribution in [0.3, 0.4) is 0 Å². The number of anilines is 1. The number of nitrogens with zero attached hydrogens (tertiary/aromatic N) is 2. The minimum atomic E-state index is 0.278. The summed E-state index contributed by atoms with van der Waals surface area (Å²) in [5.41, 5.74) is 2.73. The highest BCUT2D eigenvalue weighted by Crippen LogP contribution is 2.25. The van der Waals surface area contributed by atoms with Gasteiger partial charge in [0.2, 0.25) is 0 Å². The highest BCUT2D eigenvalue weighted by molar-refractivity contribution is 5.53. The third kappa shape index (κ3) is 2.79. The Morgan fingerprint density at radius 3 is 2.88 bits per heavy atom. The van der Waals surface area contributed by atoms with Crippen LogP contribution in [0.25, 0.3) is 0 Å². The number of hydrogen-bond acceptors (Lipinski definition) is 3. The summed E-state index contributed by atoms with van der Waals surface area (Å²) < 4.78 is 0. The van der Waals surface area contributed by atoms with Crippen LogP contribution in [-0.2, 0) is 6.54 Å². The zero-order chi connectivity index (χ0) is 12.3. The zero-order valence-corrected chi connectivity index (χ0v) is 10.8. The van der Waals surface area contributed by atoms with Crippen LogP contribution in [0.1, 0.15) is 18.9 Å². The second-order valence-electron chi connectivity index (χ2n) is 4.91. The van der Waals surface area contributed by atoms with E-state index in [1.165, 1.54) is 11.3 Å². The molecule has 3 heteroatoms. The van der Waals surface area contributed by atoms with Gasteiger partial charge in [-0.05, 0) is 25.0 Å². The number of likely N-dealkylation sites (N-methyl/N-ethyl adjacent to an activating group) is 1. The van der Waals surface area contributed by atoms with Crippen LogP contribution in [0.2, 0.25) is 0 Å². The fraction of sp³-hybridized carbons (Fsp3) is 0.571. The molecule has 0 aromatic heterocycles. The number of fused-ring (bicyclic) bond motifs is 1. The predicted molar refractivity (Wildman–Crippen MR) is 71.3 cm³/mol. The van der Waals surface area contributed by atoms with E-state index < -0.39 is 0 Å². The molecule has 0 saturated heterocycles. The molecule has 0 fully saturated rings. The molecule has 1 unspecified atom stereocenters. The first-order valence-electron chi connectivity index (χ1n) is 6.36. The molecule has 1 heterocycles. The Bertz CT molecular complexity index is 367. The van der Waals surface area contributed by atoms with Gasteiger partial charge >= 0.3 is 0 Å². The Balaban J connectivity index is 2.19. The number of aliphatic hydroxyl groups is 1. The smallest absolute Gasteiger partial charge is 0.0443 e. The Morgan fingerprint density at radius 2 is 2.12 bits per heavy atom. The maximum atomic E-state index is 8.96. The van der Waals surface area contributed by atoms with Crippen molar-refractivity contribution in [1.29, 1.82) is 0 Å². The summed E-state index contributed by atoms with van der Waals surface area (Å²) in [6, 6.07) is 9.13. The Morgan fingerprint density at radius 1 is 1.35 bits per heavy atom. The van der Waals surface area contributed by atoms with E-state index in [0.29, 0.717) is 6.04 Å². The average Bonchev–Trinajstić information content (AvgIpc) is 2.45. The van der Waals surface area contributed by atoms with Crippen molar-refractivity contribution in [1.82, 2.24) is 4.90 Å². The highest BCUT2D eigenvalue weighted by Gasteiger charge is 2.22. The van der Waals surface area contributed by atoms with Crippen LogP contribution < -0.4 is 4.90 Å². The van der Waals surface area contributed by atoms with E-state index in [0.717, 1.165) is 26.1 Å². The first-order valence-corrected chi connectivity index (χ1v) is 6.36. The van der Waals surface area contributed by atoms with Crippen molar-refractivity contribution in [3.05, 3.63) is 29.8 Å². The predicted octanol–water partition coefficient (Wildman–Crippen LogP) is 1.71. The van der Waals surface area contributed by atoms with Gasteiger partial charge in [0.25, 0.3) is 0 Å². The van der Waals surface area contributed by atoms with Gasteiger partial charge < -0.3 is 10.0 Å². The zero-order valence-electron chi connectivity index (χ0n) is 10.8. The van der Waals surface area contributed by atoms with E-state index in [-0.39, 0.29) is 6.61 Å². The summed E-state index contributed by atoms with van der Waals surface area (Å²) in [5, 5.41) is 8.96. The van der Waals surface area contributed by atoms with Crippen LogP contribution in [0.4, 0.5) is 5.69 Å². The fourth-order valence-electron chi connectivity index (χ4n) is 2.57. The Labute approximate surface area is 104 Å². The molecular formula is C14H22N2O. The summed E-state index contributed by atoms with van der Waals surface area (Å²) in [7, 11) is 2.16. The van der Waals surface area contributed by atoms with Crippen molar-refractivity contribution in [3.8, 4) is 0 Å². The average molecular weight is 234 g/mol. The molecule has 1 N–H and O–H groups in total. The van der Waals surface area contributed by atoms with Crippen molar-refractivity contribution in [2.24, 2.45) is 0 Å².